The molecule has 1 aliphatic carbocycles. The van der Waals surface area contributed by atoms with Crippen LogP contribution in [-0.4, -0.2) is 61.1 Å². The fourth-order valence-corrected chi connectivity index (χ4v) is 4.95. The fraction of sp³-hybridized carbons (Fsp3) is 1.00. The Morgan fingerprint density at radius 3 is 0.184 bits per heavy atom. The molecule has 1 fully saturated rings. The second kappa shape index (κ2) is 61.0. The van der Waals surface area contributed by atoms with E-state index in [2.05, 4.69) is 0 Å². The summed E-state index contributed by atoms with van der Waals surface area (Å²) in [5.74, 6) is 0. The highest BCUT2D eigenvalue weighted by Crippen LogP contribution is 2.17. The summed E-state index contributed by atoms with van der Waals surface area (Å²) in [6, 6.07) is 0. The van der Waals surface area contributed by atoms with Crippen molar-refractivity contribution >= 4 is 0 Å². The maximum absolute atomic E-state index is 7.00. The first-order valence-corrected chi connectivity index (χ1v) is 16.2. The van der Waals surface area contributed by atoms with Gasteiger partial charge in [-0.1, -0.05) is 180 Å². The third-order valence-electron chi connectivity index (χ3n) is 7.00. The highest BCUT2D eigenvalue weighted by Gasteiger charge is 1.97. The van der Waals surface area contributed by atoms with Gasteiger partial charge in [-0.25, -0.2) is 0 Å². The molecule has 0 radical (unpaired) electrons. The molecule has 0 aliphatic heterocycles. The van der Waals surface area contributed by atoms with E-state index in [4.69, 9.17) is 25.5 Å². The standard InChI is InChI=1S/C28H56.5CH4O/c1-2-4-6-8-10-12-14-16-18-20-22-24-26-28-27-25-23-21-19-17-15-13-11-9-7-5-3-1;5*1-2/h1-28H2;5*2H,1H3. The quantitative estimate of drug-likeness (QED) is 0.206. The van der Waals surface area contributed by atoms with Gasteiger partial charge < -0.3 is 25.5 Å². The van der Waals surface area contributed by atoms with Crippen molar-refractivity contribution in [1.29, 1.82) is 0 Å². The maximum Gasteiger partial charge on any atom is 0.0319 e. The predicted molar refractivity (Wildman–Crippen MR) is 170 cm³/mol. The van der Waals surface area contributed by atoms with Crippen LogP contribution >= 0.6 is 0 Å². The number of aliphatic hydroxyl groups is 5. The van der Waals surface area contributed by atoms with Crippen molar-refractivity contribution in [2.45, 2.75) is 180 Å². The zero-order chi connectivity index (χ0) is 29.8. The van der Waals surface area contributed by atoms with Crippen LogP contribution in [0.5, 0.6) is 0 Å². The van der Waals surface area contributed by atoms with Crippen LogP contribution in [0, 0.1) is 0 Å². The molecule has 0 aromatic carbocycles. The summed E-state index contributed by atoms with van der Waals surface area (Å²) in [4.78, 5) is 0. The molecule has 0 aromatic rings. The van der Waals surface area contributed by atoms with E-state index in [1.54, 1.807) is 0 Å². The van der Waals surface area contributed by atoms with Gasteiger partial charge in [-0.05, 0) is 0 Å². The third kappa shape index (κ3) is 56.1. The Labute approximate surface area is 240 Å². The minimum Gasteiger partial charge on any atom is -0.400 e. The molecule has 1 aliphatic rings. The van der Waals surface area contributed by atoms with E-state index < -0.39 is 0 Å². The molecule has 5 heteroatoms. The van der Waals surface area contributed by atoms with Gasteiger partial charge in [-0.3, -0.25) is 0 Å². The summed E-state index contributed by atoms with van der Waals surface area (Å²) in [6.07, 6.45) is 42.0. The lowest BCUT2D eigenvalue weighted by atomic mass is 10.0. The largest absolute Gasteiger partial charge is 0.400 e. The molecule has 5 nitrogen and oxygen atoms in total. The van der Waals surface area contributed by atoms with Gasteiger partial charge in [0.15, 0.2) is 0 Å². The minimum atomic E-state index is 1.00. The zero-order valence-electron chi connectivity index (χ0n) is 27.0. The summed E-state index contributed by atoms with van der Waals surface area (Å²) >= 11 is 0. The molecule has 0 heterocycles. The van der Waals surface area contributed by atoms with E-state index in [1.807, 2.05) is 0 Å². The first kappa shape index (κ1) is 47.6. The lowest BCUT2D eigenvalue weighted by Gasteiger charge is -2.05. The first-order valence-electron chi connectivity index (χ1n) is 16.2. The molecular formula is C33H76O5. The van der Waals surface area contributed by atoms with Gasteiger partial charge in [0.25, 0.3) is 0 Å². The smallest absolute Gasteiger partial charge is 0.0319 e. The van der Waals surface area contributed by atoms with Crippen molar-refractivity contribution in [3.63, 3.8) is 0 Å². The highest BCUT2D eigenvalue weighted by atomic mass is 16.2. The van der Waals surface area contributed by atoms with Gasteiger partial charge in [0.05, 0.1) is 0 Å². The van der Waals surface area contributed by atoms with E-state index in [1.165, 1.54) is 180 Å². The minimum absolute atomic E-state index is 1.00. The van der Waals surface area contributed by atoms with Crippen LogP contribution < -0.4 is 0 Å². The fourth-order valence-electron chi connectivity index (χ4n) is 4.95. The maximum atomic E-state index is 7.00. The van der Waals surface area contributed by atoms with Crippen molar-refractivity contribution in [2.75, 3.05) is 35.5 Å². The number of hydrogen-bond donors (Lipinski definition) is 5. The number of hydrogen-bond acceptors (Lipinski definition) is 5. The molecule has 0 saturated heterocycles. The third-order valence-corrected chi connectivity index (χ3v) is 7.00. The van der Waals surface area contributed by atoms with Crippen LogP contribution in [0.1, 0.15) is 180 Å². The molecule has 0 spiro atoms. The molecule has 0 atom stereocenters. The Morgan fingerprint density at radius 1 is 0.132 bits per heavy atom. The van der Waals surface area contributed by atoms with Crippen molar-refractivity contribution in [3.05, 3.63) is 0 Å². The molecule has 0 bridgehead atoms. The average molecular weight is 553 g/mol. The number of aliphatic hydroxyl groups excluding tert-OH is 5. The number of rotatable bonds is 0. The van der Waals surface area contributed by atoms with Gasteiger partial charge in [0.2, 0.25) is 0 Å². The van der Waals surface area contributed by atoms with Crippen LogP contribution in [0.15, 0.2) is 0 Å². The summed E-state index contributed by atoms with van der Waals surface area (Å²) in [5.41, 5.74) is 0. The second-order valence-corrected chi connectivity index (χ2v) is 9.90. The summed E-state index contributed by atoms with van der Waals surface area (Å²) in [5, 5.41) is 35.0. The van der Waals surface area contributed by atoms with Gasteiger partial charge in [-0.15, -0.1) is 0 Å². The summed E-state index contributed by atoms with van der Waals surface area (Å²) < 4.78 is 0. The lowest BCUT2D eigenvalue weighted by molar-refractivity contribution is 0.399. The van der Waals surface area contributed by atoms with Crippen LogP contribution in [-0.2, 0) is 0 Å². The zero-order valence-corrected chi connectivity index (χ0v) is 27.0. The Balaban J connectivity index is -0.000000323. The summed E-state index contributed by atoms with van der Waals surface area (Å²) in [6.45, 7) is 0. The molecule has 1 rings (SSSR count). The van der Waals surface area contributed by atoms with Crippen molar-refractivity contribution in [2.24, 2.45) is 0 Å². The van der Waals surface area contributed by atoms with E-state index in [9.17, 15) is 0 Å². The molecule has 1 saturated carbocycles. The van der Waals surface area contributed by atoms with E-state index >= 15 is 0 Å². The summed E-state index contributed by atoms with van der Waals surface area (Å²) in [7, 11) is 5.00. The SMILES string of the molecule is C1CCCCCCCCCCCCCCCCCCCCCCCCCCC1.CO.CO.CO.CO.CO. The first-order chi connectivity index (χ1) is 19.0. The van der Waals surface area contributed by atoms with Crippen molar-refractivity contribution in [1.82, 2.24) is 0 Å². The second-order valence-electron chi connectivity index (χ2n) is 9.90. The Hall–Kier alpha value is -0.200. The van der Waals surface area contributed by atoms with Gasteiger partial charge in [-0.2, -0.15) is 0 Å². The Morgan fingerprint density at radius 2 is 0.158 bits per heavy atom. The van der Waals surface area contributed by atoms with Gasteiger partial charge in [0, 0.05) is 35.5 Å². The van der Waals surface area contributed by atoms with Gasteiger partial charge in [0.1, 0.15) is 0 Å². The molecular weight excluding hydrogens is 476 g/mol. The molecule has 5 N–H and O–H groups in total. The van der Waals surface area contributed by atoms with E-state index in [0.29, 0.717) is 0 Å². The molecule has 0 unspecified atom stereocenters. The molecule has 0 aromatic heterocycles. The lowest BCUT2D eigenvalue weighted by Crippen LogP contribution is -1.85. The highest BCUT2D eigenvalue weighted by molar-refractivity contribution is 4.53. The molecule has 38 heavy (non-hydrogen) atoms. The normalized spacial score (nSPS) is 18.5. The molecule has 0 amide bonds. The van der Waals surface area contributed by atoms with Gasteiger partial charge >= 0.3 is 0 Å². The van der Waals surface area contributed by atoms with Crippen LogP contribution in [0.2, 0.25) is 0 Å². The Kier molecular flexibility index (Phi) is 76.4. The topological polar surface area (TPSA) is 101 Å². The average Bonchev–Trinajstić information content (AvgIpc) is 3.00. The predicted octanol–water partition coefficient (Wildman–Crippen LogP) is 8.97. The van der Waals surface area contributed by atoms with Crippen LogP contribution in [0.25, 0.3) is 0 Å². The monoisotopic (exact) mass is 553 g/mol. The van der Waals surface area contributed by atoms with Crippen molar-refractivity contribution in [3.8, 4) is 0 Å². The van der Waals surface area contributed by atoms with Crippen LogP contribution in [0.3, 0.4) is 0 Å². The van der Waals surface area contributed by atoms with E-state index in [0.717, 1.165) is 35.5 Å². The van der Waals surface area contributed by atoms with E-state index in [-0.39, 0.29) is 0 Å². The van der Waals surface area contributed by atoms with Crippen LogP contribution in [0.4, 0.5) is 0 Å². The Bertz CT molecular complexity index is 156. The molecule has 238 valence electrons. The van der Waals surface area contributed by atoms with Crippen molar-refractivity contribution < 1.29 is 25.5 Å².